The fourth-order valence-corrected chi connectivity index (χ4v) is 1.84. The molecule has 2 rings (SSSR count). The van der Waals surface area contributed by atoms with E-state index in [1.54, 1.807) is 0 Å². The first-order valence-electron chi connectivity index (χ1n) is 5.92. The Labute approximate surface area is 102 Å². The molecule has 0 aliphatic heterocycles. The van der Waals surface area contributed by atoms with Crippen LogP contribution in [-0.4, -0.2) is 6.61 Å². The Morgan fingerprint density at radius 1 is 0.941 bits per heavy atom. The molecule has 0 unspecified atom stereocenters. The van der Waals surface area contributed by atoms with Crippen LogP contribution < -0.4 is 10.5 Å². The van der Waals surface area contributed by atoms with Crippen molar-refractivity contribution in [2.45, 2.75) is 13.0 Å². The van der Waals surface area contributed by atoms with Gasteiger partial charge in [0.15, 0.2) is 0 Å². The van der Waals surface area contributed by atoms with Gasteiger partial charge in [-0.1, -0.05) is 30.3 Å². The summed E-state index contributed by atoms with van der Waals surface area (Å²) in [5.74, 6) is 0.913. The quantitative estimate of drug-likeness (QED) is 0.857. The maximum atomic E-state index is 5.43. The van der Waals surface area contributed by atoms with Crippen molar-refractivity contribution in [2.75, 3.05) is 6.61 Å². The predicted octanol–water partition coefficient (Wildman–Crippen LogP) is 2.42. The summed E-state index contributed by atoms with van der Waals surface area (Å²) in [6.07, 6.45) is 0. The van der Waals surface area contributed by atoms with Crippen molar-refractivity contribution < 1.29 is 10.5 Å². The van der Waals surface area contributed by atoms with Gasteiger partial charge in [-0.25, -0.2) is 0 Å². The minimum absolute atomic E-state index is 0.173. The third-order valence-electron chi connectivity index (χ3n) is 2.80. The normalized spacial score (nSPS) is 12.1. The molecule has 2 heteroatoms. The van der Waals surface area contributed by atoms with Crippen LogP contribution in [0.15, 0.2) is 54.6 Å². The molecule has 0 saturated heterocycles. The summed E-state index contributed by atoms with van der Waals surface area (Å²) >= 11 is 0. The van der Waals surface area contributed by atoms with Gasteiger partial charge in [-0.05, 0) is 31.2 Å². The Morgan fingerprint density at radius 2 is 1.53 bits per heavy atom. The Kier molecular flexibility index (Phi) is 3.78. The minimum Gasteiger partial charge on any atom is -0.494 e. The van der Waals surface area contributed by atoms with E-state index in [4.69, 9.17) is 4.74 Å². The third-order valence-corrected chi connectivity index (χ3v) is 2.80. The average molecular weight is 228 g/mol. The zero-order chi connectivity index (χ0) is 12.1. The molecule has 0 amide bonds. The molecule has 0 aliphatic rings. The lowest BCUT2D eigenvalue weighted by Gasteiger charge is -2.10. The standard InChI is InChI=1S/C15H17NO/c1-2-17-14-10-8-13(9-11-14)15(16)12-6-4-3-5-7-12/h3-11,15H,2,16H2,1H3/p+1/t15-/m1/s1. The van der Waals surface area contributed by atoms with E-state index in [-0.39, 0.29) is 6.04 Å². The smallest absolute Gasteiger partial charge is 0.136 e. The Bertz CT molecular complexity index is 450. The number of benzene rings is 2. The van der Waals surface area contributed by atoms with Gasteiger partial charge in [-0.2, -0.15) is 0 Å². The van der Waals surface area contributed by atoms with Crippen LogP contribution in [0.3, 0.4) is 0 Å². The zero-order valence-electron chi connectivity index (χ0n) is 10.1. The topological polar surface area (TPSA) is 36.9 Å². The fourth-order valence-electron chi connectivity index (χ4n) is 1.84. The highest BCUT2D eigenvalue weighted by Crippen LogP contribution is 2.20. The van der Waals surface area contributed by atoms with Crippen molar-refractivity contribution in [2.24, 2.45) is 0 Å². The van der Waals surface area contributed by atoms with E-state index in [2.05, 4.69) is 30.0 Å². The largest absolute Gasteiger partial charge is 0.494 e. The van der Waals surface area contributed by atoms with Gasteiger partial charge in [0.1, 0.15) is 11.8 Å². The first kappa shape index (κ1) is 11.7. The highest BCUT2D eigenvalue weighted by molar-refractivity contribution is 5.33. The SMILES string of the molecule is CCOc1ccc([C@H]([NH3+])c2ccccc2)cc1. The molecule has 0 heterocycles. The lowest BCUT2D eigenvalue weighted by atomic mass is 10.00. The molecular formula is C15H18NO+. The van der Waals surface area contributed by atoms with E-state index in [9.17, 15) is 0 Å². The maximum absolute atomic E-state index is 5.43. The lowest BCUT2D eigenvalue weighted by molar-refractivity contribution is -0.411. The van der Waals surface area contributed by atoms with Gasteiger partial charge in [-0.15, -0.1) is 0 Å². The Morgan fingerprint density at radius 3 is 2.12 bits per heavy atom. The fraction of sp³-hybridized carbons (Fsp3) is 0.200. The van der Waals surface area contributed by atoms with Crippen LogP contribution in [0, 0.1) is 0 Å². The van der Waals surface area contributed by atoms with Crippen LogP contribution in [0.2, 0.25) is 0 Å². The number of quaternary nitrogens is 1. The summed E-state index contributed by atoms with van der Waals surface area (Å²) < 4.78 is 5.43. The maximum Gasteiger partial charge on any atom is 0.136 e. The highest BCUT2D eigenvalue weighted by atomic mass is 16.5. The molecule has 0 spiro atoms. The second-order valence-electron chi connectivity index (χ2n) is 3.97. The van der Waals surface area contributed by atoms with Crippen LogP contribution >= 0.6 is 0 Å². The molecule has 0 aromatic heterocycles. The van der Waals surface area contributed by atoms with E-state index < -0.39 is 0 Å². The van der Waals surface area contributed by atoms with Gasteiger partial charge in [-0.3, -0.25) is 0 Å². The van der Waals surface area contributed by atoms with Crippen LogP contribution in [0.5, 0.6) is 5.75 Å². The van der Waals surface area contributed by atoms with E-state index in [1.165, 1.54) is 11.1 Å². The van der Waals surface area contributed by atoms with Crippen LogP contribution in [0.1, 0.15) is 24.1 Å². The minimum atomic E-state index is 0.173. The monoisotopic (exact) mass is 228 g/mol. The molecule has 2 aromatic carbocycles. The molecular weight excluding hydrogens is 210 g/mol. The molecule has 88 valence electrons. The molecule has 3 N–H and O–H groups in total. The van der Waals surface area contributed by atoms with Gasteiger partial charge >= 0.3 is 0 Å². The van der Waals surface area contributed by atoms with Crippen molar-refractivity contribution in [1.82, 2.24) is 0 Å². The van der Waals surface area contributed by atoms with Gasteiger partial charge in [0, 0.05) is 11.1 Å². The average Bonchev–Trinajstić information content (AvgIpc) is 2.40. The van der Waals surface area contributed by atoms with Crippen molar-refractivity contribution in [3.8, 4) is 5.75 Å². The first-order chi connectivity index (χ1) is 8.31. The van der Waals surface area contributed by atoms with Crippen LogP contribution in [-0.2, 0) is 0 Å². The number of rotatable bonds is 4. The predicted molar refractivity (Wildman–Crippen MR) is 68.8 cm³/mol. The highest BCUT2D eigenvalue weighted by Gasteiger charge is 2.11. The third kappa shape index (κ3) is 2.86. The number of hydrogen-bond donors (Lipinski definition) is 1. The molecule has 0 radical (unpaired) electrons. The van der Waals surface area contributed by atoms with Gasteiger partial charge < -0.3 is 10.5 Å². The zero-order valence-corrected chi connectivity index (χ0v) is 10.1. The summed E-state index contributed by atoms with van der Waals surface area (Å²) in [4.78, 5) is 0. The molecule has 0 aliphatic carbocycles. The van der Waals surface area contributed by atoms with Crippen molar-refractivity contribution >= 4 is 0 Å². The second kappa shape index (κ2) is 5.51. The van der Waals surface area contributed by atoms with E-state index >= 15 is 0 Å². The Balaban J connectivity index is 2.17. The van der Waals surface area contributed by atoms with E-state index in [0.29, 0.717) is 6.61 Å². The second-order valence-corrected chi connectivity index (χ2v) is 3.97. The summed E-state index contributed by atoms with van der Waals surface area (Å²) in [6, 6.07) is 18.7. The van der Waals surface area contributed by atoms with Crippen molar-refractivity contribution in [3.05, 3.63) is 65.7 Å². The van der Waals surface area contributed by atoms with Crippen molar-refractivity contribution in [3.63, 3.8) is 0 Å². The molecule has 0 bridgehead atoms. The summed E-state index contributed by atoms with van der Waals surface area (Å²) in [5, 5.41) is 0. The van der Waals surface area contributed by atoms with Crippen LogP contribution in [0.25, 0.3) is 0 Å². The molecule has 0 saturated carbocycles. The summed E-state index contributed by atoms with van der Waals surface area (Å²) in [7, 11) is 0. The van der Waals surface area contributed by atoms with Crippen molar-refractivity contribution in [1.29, 1.82) is 0 Å². The summed E-state index contributed by atoms with van der Waals surface area (Å²) in [5.41, 5.74) is 6.65. The Hall–Kier alpha value is -1.80. The number of hydrogen-bond acceptors (Lipinski definition) is 1. The molecule has 2 nitrogen and oxygen atoms in total. The van der Waals surface area contributed by atoms with Crippen LogP contribution in [0.4, 0.5) is 0 Å². The first-order valence-corrected chi connectivity index (χ1v) is 5.92. The van der Waals surface area contributed by atoms with Gasteiger partial charge in [0.25, 0.3) is 0 Å². The van der Waals surface area contributed by atoms with E-state index in [0.717, 1.165) is 5.75 Å². The number of ether oxygens (including phenoxy) is 1. The molecule has 0 fully saturated rings. The van der Waals surface area contributed by atoms with E-state index in [1.807, 2.05) is 37.3 Å². The molecule has 1 atom stereocenters. The summed E-state index contributed by atoms with van der Waals surface area (Å²) in [6.45, 7) is 2.69. The van der Waals surface area contributed by atoms with Gasteiger partial charge in [0.2, 0.25) is 0 Å². The molecule has 17 heavy (non-hydrogen) atoms. The van der Waals surface area contributed by atoms with Gasteiger partial charge in [0.05, 0.1) is 6.61 Å². The molecule has 2 aromatic rings. The lowest BCUT2D eigenvalue weighted by Crippen LogP contribution is -2.53.